The van der Waals surface area contributed by atoms with Gasteiger partial charge in [-0.3, -0.25) is 43.2 Å². The number of hydrogen-bond donors (Lipinski definition) is 14. The first kappa shape index (κ1) is 66.5. The number of unbranched alkanes of at least 4 members (excludes halogenated alkanes) is 1. The van der Waals surface area contributed by atoms with Crippen LogP contribution in [0.3, 0.4) is 0 Å². The van der Waals surface area contributed by atoms with Crippen LogP contribution in [-0.2, 0) is 60.8 Å². The molecule has 0 saturated heterocycles. The van der Waals surface area contributed by atoms with Crippen LogP contribution in [0, 0.1) is 17.8 Å². The van der Waals surface area contributed by atoms with Gasteiger partial charge in [0.15, 0.2) is 0 Å². The molecule has 0 aliphatic carbocycles. The molecule has 1 aromatic carbocycles. The molecule has 0 aliphatic rings. The number of benzene rings is 1. The fraction of sp³-hybridized carbons (Fsp3) is 0.627. The molecule has 0 radical (unpaired) electrons. The molecule has 0 bridgehead atoms. The van der Waals surface area contributed by atoms with Crippen LogP contribution in [0.1, 0.15) is 104 Å². The smallest absolute Gasteiger partial charge is 0.326 e. The van der Waals surface area contributed by atoms with Crippen LogP contribution in [0.2, 0.25) is 0 Å². The van der Waals surface area contributed by atoms with Crippen molar-refractivity contribution >= 4 is 70.9 Å². The number of hydrogen-bond acceptors (Lipinski definition) is 15. The minimum absolute atomic E-state index is 0.0238. The predicted molar refractivity (Wildman–Crippen MR) is 289 cm³/mol. The Kier molecular flexibility index (Phi) is 30.1. The summed E-state index contributed by atoms with van der Waals surface area (Å²) in [6.45, 7) is 9.53. The van der Waals surface area contributed by atoms with Crippen molar-refractivity contribution in [1.82, 2.24) is 52.5 Å². The molecule has 0 fully saturated rings. The van der Waals surface area contributed by atoms with Crippen molar-refractivity contribution in [3.8, 4) is 0 Å². The Balaban J connectivity index is 2.40. The Morgan fingerprint density at radius 1 is 0.623 bits per heavy atom. The predicted octanol–water partition coefficient (Wildman–Crippen LogP) is -1.63. The number of carbonyl (C=O) groups excluding carboxylic acids is 9. The number of aliphatic hydroxyl groups excluding tert-OH is 1. The number of carboxylic acids is 1. The summed E-state index contributed by atoms with van der Waals surface area (Å²) < 4.78 is 0. The Labute approximate surface area is 454 Å². The number of nitrogens with two attached hydrogens (primary N) is 3. The maximum atomic E-state index is 14.2. The van der Waals surface area contributed by atoms with Gasteiger partial charge < -0.3 is 74.9 Å². The number of amides is 9. The standard InChI is InChI=1S/C51H83N13O12S/c1-8-29(5)40(54)49(73)59-35(20-22-77-7)45(69)60-36(23-31-15-11-10-12-16-31)46(70)63-41(28(3)4)50(74)62-38(26-65)48(72)58-34(18-19-39(53)66)44(68)57-33(17-13-14-21-52)43(67)61-37(24-32-25-55-27-56-32)47(71)64-42(51(75)76)30(6)9-2/h10-12,15-16,25,27-30,33-38,40-42,65H,8-9,13-14,17-24,26,52,54H2,1-7H3,(H2,53,66)(H,55,56)(H,57,68)(H,58,72)(H,59,73)(H,60,69)(H,61,67)(H,62,74)(H,63,70)(H,64,71)(H,75,76)/t29-,30-,33-,34-,35-,36-,37-,38-,40-,41-,42-/m0/s1. The zero-order chi connectivity index (χ0) is 57.8. The van der Waals surface area contributed by atoms with Crippen molar-refractivity contribution in [3.05, 3.63) is 54.1 Å². The molecule has 26 heteroatoms. The van der Waals surface area contributed by atoms with E-state index in [0.29, 0.717) is 42.7 Å². The van der Waals surface area contributed by atoms with Crippen LogP contribution in [0.5, 0.6) is 0 Å². The van der Waals surface area contributed by atoms with Gasteiger partial charge >= 0.3 is 5.97 Å². The topological polar surface area (TPSA) is 414 Å². The van der Waals surface area contributed by atoms with Gasteiger partial charge in [-0.2, -0.15) is 11.8 Å². The maximum Gasteiger partial charge on any atom is 0.326 e. The molecule has 9 amide bonds. The summed E-state index contributed by atoms with van der Waals surface area (Å²) in [5.74, 6) is -9.64. The van der Waals surface area contributed by atoms with Gasteiger partial charge in [-0.15, -0.1) is 0 Å². The van der Waals surface area contributed by atoms with Crippen molar-refractivity contribution in [2.24, 2.45) is 35.0 Å². The number of imidazole rings is 1. The summed E-state index contributed by atoms with van der Waals surface area (Å²) >= 11 is 1.45. The summed E-state index contributed by atoms with van der Waals surface area (Å²) in [6, 6.07) is -3.24. The molecule has 17 N–H and O–H groups in total. The summed E-state index contributed by atoms with van der Waals surface area (Å²) in [6.07, 6.45) is 5.52. The minimum atomic E-state index is -1.75. The van der Waals surface area contributed by atoms with E-state index in [1.807, 2.05) is 20.1 Å². The van der Waals surface area contributed by atoms with Gasteiger partial charge in [0.05, 0.1) is 19.0 Å². The number of primary amides is 1. The van der Waals surface area contributed by atoms with E-state index in [-0.39, 0.29) is 38.1 Å². The summed E-state index contributed by atoms with van der Waals surface area (Å²) in [5.41, 5.74) is 18.4. The molecule has 1 heterocycles. The van der Waals surface area contributed by atoms with E-state index in [0.717, 1.165) is 0 Å². The van der Waals surface area contributed by atoms with E-state index >= 15 is 0 Å². The zero-order valence-electron chi connectivity index (χ0n) is 45.2. The summed E-state index contributed by atoms with van der Waals surface area (Å²) in [4.78, 5) is 142. The van der Waals surface area contributed by atoms with Crippen LogP contribution in [-0.4, -0.2) is 159 Å². The first-order chi connectivity index (χ1) is 36.5. The summed E-state index contributed by atoms with van der Waals surface area (Å²) in [7, 11) is 0. The Morgan fingerprint density at radius 3 is 1.61 bits per heavy atom. The second-order valence-corrected chi connectivity index (χ2v) is 20.4. The SMILES string of the molecule is CC[C@H](C)[C@H](N)C(=O)N[C@@H](CCSC)C(=O)N[C@@H](Cc1ccccc1)C(=O)N[C@H](C(=O)N[C@@H](CO)C(=O)N[C@@H](CCC(N)=O)C(=O)N[C@@H](CCCCN)C(=O)N[C@@H](Cc1cnc[nH]1)C(=O)N[C@H](C(=O)O)[C@@H](C)CC)C(C)C. The highest BCUT2D eigenvalue weighted by Crippen LogP contribution is 2.13. The van der Waals surface area contributed by atoms with E-state index in [2.05, 4.69) is 52.5 Å². The lowest BCUT2D eigenvalue weighted by Crippen LogP contribution is -2.62. The van der Waals surface area contributed by atoms with E-state index in [9.17, 15) is 58.2 Å². The van der Waals surface area contributed by atoms with Gasteiger partial charge in [0.1, 0.15) is 48.3 Å². The van der Waals surface area contributed by atoms with Crippen molar-refractivity contribution in [2.45, 2.75) is 160 Å². The van der Waals surface area contributed by atoms with Gasteiger partial charge in [0, 0.05) is 31.2 Å². The van der Waals surface area contributed by atoms with Crippen LogP contribution in [0.25, 0.3) is 0 Å². The monoisotopic (exact) mass is 1100 g/mol. The minimum Gasteiger partial charge on any atom is -0.480 e. The molecule has 11 atom stereocenters. The number of aromatic nitrogens is 2. The summed E-state index contributed by atoms with van der Waals surface area (Å²) in [5, 5.41) is 41.0. The first-order valence-corrected chi connectivity index (χ1v) is 27.4. The number of H-pyrrole nitrogens is 1. The largest absolute Gasteiger partial charge is 0.480 e. The third kappa shape index (κ3) is 23.2. The Morgan fingerprint density at radius 2 is 1.12 bits per heavy atom. The molecule has 0 aliphatic heterocycles. The first-order valence-electron chi connectivity index (χ1n) is 26.0. The Bertz CT molecular complexity index is 2220. The number of aliphatic carboxylic acids is 1. The van der Waals surface area contributed by atoms with Crippen molar-refractivity contribution in [2.75, 3.05) is 25.2 Å². The van der Waals surface area contributed by atoms with Crippen LogP contribution < -0.4 is 59.7 Å². The van der Waals surface area contributed by atoms with E-state index in [1.54, 1.807) is 58.0 Å². The number of nitrogens with one attached hydrogen (secondary N) is 9. The molecule has 2 aromatic rings. The van der Waals surface area contributed by atoms with Gasteiger partial charge in [-0.05, 0) is 74.0 Å². The number of rotatable bonds is 37. The molecule has 77 heavy (non-hydrogen) atoms. The number of aliphatic hydroxyl groups is 1. The van der Waals surface area contributed by atoms with Gasteiger partial charge in [0.25, 0.3) is 0 Å². The lowest BCUT2D eigenvalue weighted by molar-refractivity contribution is -0.144. The number of carboxylic acid groups (broad SMARTS) is 1. The lowest BCUT2D eigenvalue weighted by Gasteiger charge is -2.29. The fourth-order valence-electron chi connectivity index (χ4n) is 7.76. The Hall–Kier alpha value is -6.64. The third-order valence-electron chi connectivity index (χ3n) is 13.1. The number of nitrogens with zero attached hydrogens (tertiary/aromatic N) is 1. The van der Waals surface area contributed by atoms with Gasteiger partial charge in [-0.25, -0.2) is 9.78 Å². The van der Waals surface area contributed by atoms with E-state index < -0.39 is 145 Å². The van der Waals surface area contributed by atoms with E-state index in [1.165, 1.54) is 24.3 Å². The number of carbonyl (C=O) groups is 10. The van der Waals surface area contributed by atoms with Crippen LogP contribution in [0.15, 0.2) is 42.9 Å². The van der Waals surface area contributed by atoms with Crippen molar-refractivity contribution in [3.63, 3.8) is 0 Å². The number of thioether (sulfide) groups is 1. The molecule has 0 unspecified atom stereocenters. The molecule has 430 valence electrons. The molecular weight excluding hydrogens is 1020 g/mol. The molecule has 25 nitrogen and oxygen atoms in total. The lowest BCUT2D eigenvalue weighted by atomic mass is 9.98. The average Bonchev–Trinajstić information content (AvgIpc) is 3.92. The van der Waals surface area contributed by atoms with E-state index in [4.69, 9.17) is 17.2 Å². The van der Waals surface area contributed by atoms with Gasteiger partial charge in [-0.1, -0.05) is 84.7 Å². The van der Waals surface area contributed by atoms with Crippen molar-refractivity contribution in [1.29, 1.82) is 0 Å². The van der Waals surface area contributed by atoms with Gasteiger partial charge in [0.2, 0.25) is 53.2 Å². The van der Waals surface area contributed by atoms with Crippen molar-refractivity contribution < 1.29 is 58.2 Å². The highest BCUT2D eigenvalue weighted by atomic mass is 32.2. The fourth-order valence-corrected chi connectivity index (χ4v) is 8.23. The normalized spacial score (nSPS) is 15.5. The third-order valence-corrected chi connectivity index (χ3v) is 13.7. The quantitative estimate of drug-likeness (QED) is 0.0338. The van der Waals surface area contributed by atoms with Crippen LogP contribution >= 0.6 is 11.8 Å². The second-order valence-electron chi connectivity index (χ2n) is 19.4. The number of aromatic amines is 1. The molecule has 2 rings (SSSR count). The average molecular weight is 1100 g/mol. The molecule has 0 saturated carbocycles. The second kappa shape index (κ2) is 34.9. The molecular formula is C51H83N13O12S. The zero-order valence-corrected chi connectivity index (χ0v) is 46.0. The molecule has 1 aromatic heterocycles. The maximum absolute atomic E-state index is 14.2. The highest BCUT2D eigenvalue weighted by Gasteiger charge is 2.36. The molecule has 0 spiro atoms. The van der Waals surface area contributed by atoms with Crippen LogP contribution in [0.4, 0.5) is 0 Å². The highest BCUT2D eigenvalue weighted by molar-refractivity contribution is 7.98.